The summed E-state index contributed by atoms with van der Waals surface area (Å²) < 4.78 is 7.23. The van der Waals surface area contributed by atoms with Crippen molar-refractivity contribution in [3.8, 4) is 11.7 Å². The molecular formula is C18H24N8OS. The Labute approximate surface area is 168 Å². The van der Waals surface area contributed by atoms with Crippen LogP contribution in [0.4, 0.5) is 11.9 Å². The molecule has 9 nitrogen and oxygen atoms in total. The number of aromatic nitrogens is 6. The van der Waals surface area contributed by atoms with Crippen molar-refractivity contribution in [1.82, 2.24) is 29.7 Å². The SMILES string of the molecule is CC[C@H](C)Nc1nc(NC)nc(-n2cnc(SCCOc3ccccc3)n2)n1. The number of nitrogens with zero attached hydrogens (tertiary/aromatic N) is 6. The Morgan fingerprint density at radius 1 is 1.14 bits per heavy atom. The van der Waals surface area contributed by atoms with E-state index in [0.717, 1.165) is 17.9 Å². The predicted molar refractivity (Wildman–Crippen MR) is 110 cm³/mol. The van der Waals surface area contributed by atoms with E-state index in [2.05, 4.69) is 49.5 Å². The average Bonchev–Trinajstić information content (AvgIpc) is 3.20. The Hall–Kier alpha value is -2.88. The maximum Gasteiger partial charge on any atom is 0.258 e. The third-order valence-corrected chi connectivity index (χ3v) is 4.65. The maximum absolute atomic E-state index is 5.68. The molecule has 1 aromatic carbocycles. The van der Waals surface area contributed by atoms with Gasteiger partial charge < -0.3 is 15.4 Å². The van der Waals surface area contributed by atoms with E-state index in [1.807, 2.05) is 30.3 Å². The minimum absolute atomic E-state index is 0.256. The molecule has 3 rings (SSSR count). The fourth-order valence-corrected chi connectivity index (χ4v) is 2.80. The summed E-state index contributed by atoms with van der Waals surface area (Å²) in [5.41, 5.74) is 0. The highest BCUT2D eigenvalue weighted by Gasteiger charge is 2.11. The molecule has 3 aromatic rings. The molecule has 148 valence electrons. The summed E-state index contributed by atoms with van der Waals surface area (Å²) in [6.07, 6.45) is 2.56. The summed E-state index contributed by atoms with van der Waals surface area (Å²) in [6.45, 7) is 4.74. The first-order chi connectivity index (χ1) is 13.7. The fourth-order valence-electron chi connectivity index (χ4n) is 2.19. The third kappa shape index (κ3) is 5.56. The lowest BCUT2D eigenvalue weighted by atomic mass is 10.3. The summed E-state index contributed by atoms with van der Waals surface area (Å²) in [7, 11) is 1.77. The van der Waals surface area contributed by atoms with Crippen molar-refractivity contribution in [2.24, 2.45) is 0 Å². The van der Waals surface area contributed by atoms with E-state index in [4.69, 9.17) is 4.74 Å². The zero-order valence-corrected chi connectivity index (χ0v) is 17.0. The van der Waals surface area contributed by atoms with Gasteiger partial charge in [0.1, 0.15) is 12.1 Å². The smallest absolute Gasteiger partial charge is 0.258 e. The summed E-state index contributed by atoms with van der Waals surface area (Å²) in [4.78, 5) is 17.5. The fraction of sp³-hybridized carbons (Fsp3) is 0.389. The van der Waals surface area contributed by atoms with Crippen molar-refractivity contribution >= 4 is 23.7 Å². The first kappa shape index (κ1) is 19.9. The van der Waals surface area contributed by atoms with E-state index >= 15 is 0 Å². The van der Waals surface area contributed by atoms with E-state index in [9.17, 15) is 0 Å². The number of benzene rings is 1. The minimum atomic E-state index is 0.256. The van der Waals surface area contributed by atoms with E-state index in [-0.39, 0.29) is 6.04 Å². The van der Waals surface area contributed by atoms with Gasteiger partial charge >= 0.3 is 0 Å². The molecule has 0 amide bonds. The highest BCUT2D eigenvalue weighted by molar-refractivity contribution is 7.99. The summed E-state index contributed by atoms with van der Waals surface area (Å²) >= 11 is 1.51. The van der Waals surface area contributed by atoms with E-state index in [0.29, 0.717) is 29.6 Å². The second kappa shape index (κ2) is 9.88. The van der Waals surface area contributed by atoms with Gasteiger partial charge in [0.2, 0.25) is 17.1 Å². The van der Waals surface area contributed by atoms with Gasteiger partial charge in [0.05, 0.1) is 6.61 Å². The Kier molecular flexibility index (Phi) is 7.01. The highest BCUT2D eigenvalue weighted by atomic mass is 32.2. The second-order valence-corrected chi connectivity index (χ2v) is 7.03. The Morgan fingerprint density at radius 3 is 2.68 bits per heavy atom. The molecule has 0 bridgehead atoms. The number of nitrogens with one attached hydrogen (secondary N) is 2. The van der Waals surface area contributed by atoms with Crippen LogP contribution in [-0.4, -0.2) is 55.2 Å². The summed E-state index contributed by atoms with van der Waals surface area (Å²) in [5.74, 6) is 2.97. The van der Waals surface area contributed by atoms with Crippen LogP contribution in [0.2, 0.25) is 0 Å². The topological polar surface area (TPSA) is 103 Å². The molecule has 0 fully saturated rings. The van der Waals surface area contributed by atoms with Gasteiger partial charge in [0, 0.05) is 18.8 Å². The van der Waals surface area contributed by atoms with Gasteiger partial charge in [-0.3, -0.25) is 0 Å². The molecule has 0 aliphatic rings. The molecule has 1 atom stereocenters. The van der Waals surface area contributed by atoms with Gasteiger partial charge in [-0.2, -0.15) is 19.6 Å². The molecule has 0 unspecified atom stereocenters. The van der Waals surface area contributed by atoms with Crippen molar-refractivity contribution in [2.45, 2.75) is 31.5 Å². The number of rotatable bonds is 10. The number of ether oxygens (including phenoxy) is 1. The van der Waals surface area contributed by atoms with Crippen LogP contribution in [-0.2, 0) is 0 Å². The minimum Gasteiger partial charge on any atom is -0.493 e. The molecule has 10 heteroatoms. The predicted octanol–water partition coefficient (Wildman–Crippen LogP) is 2.88. The van der Waals surface area contributed by atoms with Crippen LogP contribution < -0.4 is 15.4 Å². The molecule has 0 radical (unpaired) electrons. The maximum atomic E-state index is 5.68. The number of para-hydroxylation sites is 1. The number of hydrogen-bond acceptors (Lipinski definition) is 9. The standard InChI is InChI=1S/C18H24N8OS/c1-4-13(2)21-16-22-15(19-3)23-17(24-16)26-12-20-18(25-26)28-11-10-27-14-8-6-5-7-9-14/h5-9,12-13H,4,10-11H2,1-3H3,(H2,19,21,22,23,24)/t13-/m0/s1. The molecule has 28 heavy (non-hydrogen) atoms. The van der Waals surface area contributed by atoms with Crippen LogP contribution in [0, 0.1) is 0 Å². The first-order valence-electron chi connectivity index (χ1n) is 9.11. The number of hydrogen-bond donors (Lipinski definition) is 2. The average molecular weight is 401 g/mol. The molecule has 0 saturated heterocycles. The number of thioether (sulfide) groups is 1. The molecular weight excluding hydrogens is 376 g/mol. The normalized spacial score (nSPS) is 11.8. The van der Waals surface area contributed by atoms with Gasteiger partial charge in [-0.15, -0.1) is 5.10 Å². The Balaban J connectivity index is 1.61. The molecule has 0 saturated carbocycles. The lowest BCUT2D eigenvalue weighted by molar-refractivity contribution is 0.344. The zero-order chi connectivity index (χ0) is 19.8. The molecule has 2 N–H and O–H groups in total. The van der Waals surface area contributed by atoms with Gasteiger partial charge in [0.25, 0.3) is 5.95 Å². The number of anilines is 2. The van der Waals surface area contributed by atoms with Crippen LogP contribution >= 0.6 is 11.8 Å². The van der Waals surface area contributed by atoms with Crippen molar-refractivity contribution in [1.29, 1.82) is 0 Å². The van der Waals surface area contributed by atoms with Crippen molar-refractivity contribution < 1.29 is 4.74 Å². The monoisotopic (exact) mass is 400 g/mol. The Bertz CT molecular complexity index is 873. The lowest BCUT2D eigenvalue weighted by Crippen LogP contribution is -2.18. The third-order valence-electron chi connectivity index (χ3n) is 3.84. The Morgan fingerprint density at radius 2 is 1.93 bits per heavy atom. The van der Waals surface area contributed by atoms with Crippen LogP contribution in [0.3, 0.4) is 0 Å². The van der Waals surface area contributed by atoms with Crippen molar-refractivity contribution in [3.63, 3.8) is 0 Å². The highest BCUT2D eigenvalue weighted by Crippen LogP contribution is 2.16. The van der Waals surface area contributed by atoms with Gasteiger partial charge in [-0.05, 0) is 25.5 Å². The first-order valence-corrected chi connectivity index (χ1v) is 10.1. The largest absolute Gasteiger partial charge is 0.493 e. The van der Waals surface area contributed by atoms with Gasteiger partial charge in [-0.1, -0.05) is 36.9 Å². The lowest BCUT2D eigenvalue weighted by Gasteiger charge is -2.12. The van der Waals surface area contributed by atoms with Crippen molar-refractivity contribution in [2.75, 3.05) is 30.0 Å². The molecule has 2 heterocycles. The van der Waals surface area contributed by atoms with E-state index in [1.54, 1.807) is 18.1 Å². The van der Waals surface area contributed by atoms with Crippen LogP contribution in [0.15, 0.2) is 41.8 Å². The van der Waals surface area contributed by atoms with E-state index < -0.39 is 0 Å². The van der Waals surface area contributed by atoms with Gasteiger partial charge in [0.15, 0.2) is 0 Å². The molecule has 2 aromatic heterocycles. The molecule has 0 spiro atoms. The van der Waals surface area contributed by atoms with Crippen LogP contribution in [0.25, 0.3) is 5.95 Å². The van der Waals surface area contributed by atoms with E-state index in [1.165, 1.54) is 11.8 Å². The summed E-state index contributed by atoms with van der Waals surface area (Å²) in [6, 6.07) is 9.98. The molecule has 0 aliphatic heterocycles. The molecule has 0 aliphatic carbocycles. The second-order valence-electron chi connectivity index (χ2n) is 5.97. The zero-order valence-electron chi connectivity index (χ0n) is 16.2. The quantitative estimate of drug-likeness (QED) is 0.393. The van der Waals surface area contributed by atoms with Crippen molar-refractivity contribution in [3.05, 3.63) is 36.7 Å². The van der Waals surface area contributed by atoms with Crippen LogP contribution in [0.1, 0.15) is 20.3 Å². The van der Waals surface area contributed by atoms with Gasteiger partial charge in [-0.25, -0.2) is 4.98 Å². The summed E-state index contributed by atoms with van der Waals surface area (Å²) in [5, 5.41) is 11.3. The van der Waals surface area contributed by atoms with Crippen LogP contribution in [0.5, 0.6) is 5.75 Å².